The Hall–Kier alpha value is -3.94. The minimum absolute atomic E-state index is 0.0788. The first-order valence-electron chi connectivity index (χ1n) is 9.51. The van der Waals surface area contributed by atoms with Crippen molar-refractivity contribution in [2.24, 2.45) is 5.92 Å². The van der Waals surface area contributed by atoms with Gasteiger partial charge in [0.25, 0.3) is 5.91 Å². The lowest BCUT2D eigenvalue weighted by Crippen LogP contribution is -2.27. The van der Waals surface area contributed by atoms with Gasteiger partial charge in [0.15, 0.2) is 0 Å². The molecule has 1 aromatic carbocycles. The Morgan fingerprint density at radius 3 is 2.57 bits per heavy atom. The van der Waals surface area contributed by atoms with E-state index < -0.39 is 5.92 Å². The molecule has 1 aliphatic rings. The van der Waals surface area contributed by atoms with Crippen molar-refractivity contribution >= 4 is 29.1 Å². The molecular formula is C22H20N4O4. The Morgan fingerprint density at radius 1 is 1.07 bits per heavy atom. The maximum Gasteiger partial charge on any atom is 0.255 e. The zero-order chi connectivity index (χ0) is 20.9. The molecule has 2 N–H and O–H groups in total. The number of hydrogen-bond acceptors (Lipinski definition) is 5. The van der Waals surface area contributed by atoms with Gasteiger partial charge < -0.3 is 20.0 Å². The van der Waals surface area contributed by atoms with E-state index in [-0.39, 0.29) is 24.1 Å². The van der Waals surface area contributed by atoms with Crippen molar-refractivity contribution < 1.29 is 18.8 Å². The van der Waals surface area contributed by atoms with Crippen molar-refractivity contribution in [3.8, 4) is 0 Å². The average Bonchev–Trinajstić information content (AvgIpc) is 3.39. The van der Waals surface area contributed by atoms with Crippen molar-refractivity contribution in [1.82, 2.24) is 9.88 Å². The van der Waals surface area contributed by atoms with E-state index in [4.69, 9.17) is 4.42 Å². The lowest BCUT2D eigenvalue weighted by molar-refractivity contribution is -0.128. The molecule has 8 nitrogen and oxygen atoms in total. The van der Waals surface area contributed by atoms with Crippen LogP contribution in [-0.4, -0.2) is 34.2 Å². The Labute approximate surface area is 172 Å². The molecular weight excluding hydrogens is 384 g/mol. The van der Waals surface area contributed by atoms with Crippen molar-refractivity contribution in [1.29, 1.82) is 0 Å². The molecule has 152 valence electrons. The summed E-state index contributed by atoms with van der Waals surface area (Å²) in [5, 5.41) is 5.62. The zero-order valence-corrected chi connectivity index (χ0v) is 16.1. The third-order valence-electron chi connectivity index (χ3n) is 4.84. The van der Waals surface area contributed by atoms with Gasteiger partial charge in [0.2, 0.25) is 11.8 Å². The van der Waals surface area contributed by atoms with E-state index in [1.165, 1.54) is 0 Å². The second-order valence-electron chi connectivity index (χ2n) is 7.01. The van der Waals surface area contributed by atoms with Gasteiger partial charge in [-0.05, 0) is 42.5 Å². The van der Waals surface area contributed by atoms with Crippen molar-refractivity contribution in [2.75, 3.05) is 17.2 Å². The number of nitrogens with zero attached hydrogens (tertiary/aromatic N) is 2. The Balaban J connectivity index is 1.36. The van der Waals surface area contributed by atoms with Gasteiger partial charge in [-0.2, -0.15) is 0 Å². The van der Waals surface area contributed by atoms with E-state index in [2.05, 4.69) is 15.6 Å². The van der Waals surface area contributed by atoms with Crippen LogP contribution in [-0.2, 0) is 16.1 Å². The fraction of sp³-hybridized carbons (Fsp3) is 0.182. The number of likely N-dealkylation sites (tertiary alicyclic amines) is 1. The van der Waals surface area contributed by atoms with Gasteiger partial charge in [-0.1, -0.05) is 6.07 Å². The van der Waals surface area contributed by atoms with E-state index in [0.717, 1.165) is 0 Å². The third-order valence-corrected chi connectivity index (χ3v) is 4.84. The molecule has 1 fully saturated rings. The van der Waals surface area contributed by atoms with Crippen LogP contribution in [0.3, 0.4) is 0 Å². The lowest BCUT2D eigenvalue weighted by Gasteiger charge is -2.15. The van der Waals surface area contributed by atoms with Crippen LogP contribution < -0.4 is 10.6 Å². The summed E-state index contributed by atoms with van der Waals surface area (Å²) in [7, 11) is 0. The predicted octanol–water partition coefficient (Wildman–Crippen LogP) is 2.91. The molecule has 1 atom stereocenters. The maximum atomic E-state index is 12.7. The number of anilines is 2. The molecule has 4 rings (SSSR count). The van der Waals surface area contributed by atoms with Crippen LogP contribution in [0.5, 0.6) is 0 Å². The highest BCUT2D eigenvalue weighted by atomic mass is 16.3. The number of furan rings is 1. The Kier molecular flexibility index (Phi) is 5.56. The minimum atomic E-state index is -0.442. The average molecular weight is 404 g/mol. The fourth-order valence-corrected chi connectivity index (χ4v) is 3.32. The number of carbonyl (C=O) groups is 3. The molecule has 0 radical (unpaired) electrons. The first-order chi connectivity index (χ1) is 14.6. The summed E-state index contributed by atoms with van der Waals surface area (Å²) in [4.78, 5) is 42.7. The largest absolute Gasteiger partial charge is 0.467 e. The second kappa shape index (κ2) is 8.60. The first kappa shape index (κ1) is 19.4. The van der Waals surface area contributed by atoms with Gasteiger partial charge in [0.05, 0.1) is 18.7 Å². The van der Waals surface area contributed by atoms with Crippen LogP contribution in [0.2, 0.25) is 0 Å². The lowest BCUT2D eigenvalue weighted by atomic mass is 10.1. The molecule has 3 heterocycles. The van der Waals surface area contributed by atoms with Crippen LogP contribution in [0.4, 0.5) is 11.4 Å². The molecule has 3 amide bonds. The standard InChI is InChI=1S/C22H20N4O4/c27-20-11-16(13-26(20)14-19-5-2-10-30-19)22(29)25-18-4-1-3-17(12-18)24-21(28)15-6-8-23-9-7-15/h1-10,12,16H,11,13-14H2,(H,24,28)(H,25,29). The topological polar surface area (TPSA) is 105 Å². The summed E-state index contributed by atoms with van der Waals surface area (Å²) >= 11 is 0. The number of aromatic nitrogens is 1. The summed E-state index contributed by atoms with van der Waals surface area (Å²) in [5.41, 5.74) is 1.58. The highest BCUT2D eigenvalue weighted by Crippen LogP contribution is 2.23. The van der Waals surface area contributed by atoms with Crippen LogP contribution >= 0.6 is 0 Å². The van der Waals surface area contributed by atoms with Crippen LogP contribution in [0, 0.1) is 5.92 Å². The molecule has 1 aliphatic heterocycles. The van der Waals surface area contributed by atoms with Gasteiger partial charge in [-0.25, -0.2) is 0 Å². The van der Waals surface area contributed by atoms with E-state index in [1.807, 2.05) is 0 Å². The number of benzene rings is 1. The maximum absolute atomic E-state index is 12.7. The molecule has 0 saturated carbocycles. The monoisotopic (exact) mass is 404 g/mol. The highest BCUT2D eigenvalue weighted by molar-refractivity contribution is 6.04. The second-order valence-corrected chi connectivity index (χ2v) is 7.01. The van der Waals surface area contributed by atoms with E-state index in [0.29, 0.717) is 35.8 Å². The fourth-order valence-electron chi connectivity index (χ4n) is 3.32. The van der Waals surface area contributed by atoms with Gasteiger partial charge in [0, 0.05) is 42.3 Å². The minimum Gasteiger partial charge on any atom is -0.467 e. The normalized spacial score (nSPS) is 15.8. The van der Waals surface area contributed by atoms with Crippen molar-refractivity contribution in [3.05, 3.63) is 78.5 Å². The Morgan fingerprint density at radius 2 is 1.83 bits per heavy atom. The molecule has 0 spiro atoms. The molecule has 2 aromatic heterocycles. The van der Waals surface area contributed by atoms with Crippen LogP contribution in [0.15, 0.2) is 71.6 Å². The van der Waals surface area contributed by atoms with Crippen LogP contribution in [0.1, 0.15) is 22.5 Å². The SMILES string of the molecule is O=C(Nc1cccc(NC(=O)C2CC(=O)N(Cc3ccco3)C2)c1)c1ccncc1. The number of amides is 3. The molecule has 30 heavy (non-hydrogen) atoms. The number of carbonyl (C=O) groups excluding carboxylic acids is 3. The predicted molar refractivity (Wildman–Crippen MR) is 109 cm³/mol. The summed E-state index contributed by atoms with van der Waals surface area (Å²) in [6.07, 6.45) is 4.80. The van der Waals surface area contributed by atoms with E-state index in [1.54, 1.807) is 72.1 Å². The summed E-state index contributed by atoms with van der Waals surface area (Å²) in [6, 6.07) is 13.7. The first-order valence-corrected chi connectivity index (χ1v) is 9.51. The smallest absolute Gasteiger partial charge is 0.255 e. The van der Waals surface area contributed by atoms with Crippen molar-refractivity contribution in [2.45, 2.75) is 13.0 Å². The molecule has 0 bridgehead atoms. The number of rotatable bonds is 6. The van der Waals surface area contributed by atoms with E-state index in [9.17, 15) is 14.4 Å². The van der Waals surface area contributed by atoms with Crippen molar-refractivity contribution in [3.63, 3.8) is 0 Å². The number of hydrogen-bond donors (Lipinski definition) is 2. The van der Waals surface area contributed by atoms with E-state index >= 15 is 0 Å². The molecule has 1 saturated heterocycles. The number of nitrogens with one attached hydrogen (secondary N) is 2. The summed E-state index contributed by atoms with van der Waals surface area (Å²) in [6.45, 7) is 0.690. The van der Waals surface area contributed by atoms with Crippen LogP contribution in [0.25, 0.3) is 0 Å². The van der Waals surface area contributed by atoms with Gasteiger partial charge in [0.1, 0.15) is 5.76 Å². The highest BCUT2D eigenvalue weighted by Gasteiger charge is 2.34. The number of pyridine rings is 1. The quantitative estimate of drug-likeness (QED) is 0.657. The third kappa shape index (κ3) is 4.54. The Bertz CT molecular complexity index is 1050. The summed E-state index contributed by atoms with van der Waals surface area (Å²) < 4.78 is 5.28. The summed E-state index contributed by atoms with van der Waals surface area (Å²) in [5.74, 6) is -0.340. The molecule has 1 unspecified atom stereocenters. The van der Waals surface area contributed by atoms with Gasteiger partial charge >= 0.3 is 0 Å². The molecule has 3 aromatic rings. The zero-order valence-electron chi connectivity index (χ0n) is 16.1. The molecule has 0 aliphatic carbocycles. The van der Waals surface area contributed by atoms with Gasteiger partial charge in [-0.15, -0.1) is 0 Å². The molecule has 8 heteroatoms. The van der Waals surface area contributed by atoms with Gasteiger partial charge in [-0.3, -0.25) is 19.4 Å².